The molecule has 1 aromatic carbocycles. The Labute approximate surface area is 114 Å². The Kier molecular flexibility index (Phi) is 5.63. The van der Waals surface area contributed by atoms with Crippen LogP contribution in [0.5, 0.6) is 0 Å². The predicted molar refractivity (Wildman–Crippen MR) is 74.5 cm³/mol. The molecule has 0 aliphatic carbocycles. The number of hydrogen-bond donors (Lipinski definition) is 1. The van der Waals surface area contributed by atoms with Crippen LogP contribution in [0.4, 0.5) is 0 Å². The first-order chi connectivity index (χ1) is 8.15. The summed E-state index contributed by atoms with van der Waals surface area (Å²) in [6.07, 6.45) is 1.90. The van der Waals surface area contributed by atoms with E-state index in [-0.39, 0.29) is 24.5 Å². The van der Waals surface area contributed by atoms with E-state index in [1.165, 1.54) is 0 Å². The molecule has 0 aromatic heterocycles. The molecule has 100 valence electrons. The van der Waals surface area contributed by atoms with Gasteiger partial charge in [-0.25, -0.2) is 4.79 Å². The summed E-state index contributed by atoms with van der Waals surface area (Å²) < 4.78 is 5.51. The van der Waals surface area contributed by atoms with E-state index in [1.807, 2.05) is 26.0 Å². The minimum atomic E-state index is -0.191. The molecule has 0 radical (unpaired) electrons. The van der Waals surface area contributed by atoms with Crippen LogP contribution in [0.2, 0.25) is 0 Å². The van der Waals surface area contributed by atoms with Crippen LogP contribution >= 0.6 is 12.4 Å². The zero-order chi connectivity index (χ0) is 12.3. The van der Waals surface area contributed by atoms with Gasteiger partial charge in [0, 0.05) is 0 Å². The van der Waals surface area contributed by atoms with Gasteiger partial charge in [-0.2, -0.15) is 0 Å². The van der Waals surface area contributed by atoms with Gasteiger partial charge in [0.15, 0.2) is 0 Å². The fourth-order valence-electron chi connectivity index (χ4n) is 2.23. The Morgan fingerprint density at radius 2 is 1.72 bits per heavy atom. The van der Waals surface area contributed by atoms with E-state index in [1.54, 1.807) is 0 Å². The number of ether oxygens (including phenoxy) is 1. The molecule has 0 bridgehead atoms. The van der Waals surface area contributed by atoms with Crippen molar-refractivity contribution in [2.75, 3.05) is 13.1 Å². The fraction of sp³-hybridized carbons (Fsp3) is 0.500. The van der Waals surface area contributed by atoms with Gasteiger partial charge in [-0.1, -0.05) is 17.2 Å². The van der Waals surface area contributed by atoms with E-state index in [2.05, 4.69) is 11.4 Å². The second-order valence-electron chi connectivity index (χ2n) is 4.73. The lowest BCUT2D eigenvalue weighted by Gasteiger charge is -2.22. The van der Waals surface area contributed by atoms with Crippen LogP contribution in [0, 0.1) is 13.8 Å². The second kappa shape index (κ2) is 6.76. The molecule has 0 amide bonds. The van der Waals surface area contributed by atoms with Crippen LogP contribution in [0.3, 0.4) is 0 Å². The fourth-order valence-corrected chi connectivity index (χ4v) is 2.23. The maximum Gasteiger partial charge on any atom is 0.338 e. The van der Waals surface area contributed by atoms with Crippen molar-refractivity contribution >= 4 is 18.4 Å². The molecule has 0 saturated carbocycles. The van der Waals surface area contributed by atoms with E-state index < -0.39 is 0 Å². The molecule has 1 aromatic rings. The number of esters is 1. The summed E-state index contributed by atoms with van der Waals surface area (Å²) in [6.45, 7) is 5.86. The predicted octanol–water partition coefficient (Wildman–Crippen LogP) is 2.63. The van der Waals surface area contributed by atoms with Gasteiger partial charge in [0.05, 0.1) is 5.56 Å². The van der Waals surface area contributed by atoms with Gasteiger partial charge in [-0.3, -0.25) is 0 Å². The Balaban J connectivity index is 0.00000162. The third-order valence-corrected chi connectivity index (χ3v) is 3.02. The Morgan fingerprint density at radius 1 is 1.17 bits per heavy atom. The van der Waals surface area contributed by atoms with Crippen LogP contribution in [0.25, 0.3) is 0 Å². The molecule has 1 aliphatic rings. The zero-order valence-corrected chi connectivity index (χ0v) is 11.7. The summed E-state index contributed by atoms with van der Waals surface area (Å²) in [5, 5.41) is 3.25. The molecule has 0 unspecified atom stereocenters. The SMILES string of the molecule is Cc1cc(C)cc(C(=O)OC2CCNCC2)c1.Cl. The van der Waals surface area contributed by atoms with Gasteiger partial charge < -0.3 is 10.1 Å². The number of halogens is 1. The first kappa shape index (κ1) is 15.0. The van der Waals surface area contributed by atoms with Gasteiger partial charge in [0.25, 0.3) is 0 Å². The lowest BCUT2D eigenvalue weighted by atomic mass is 10.1. The highest BCUT2D eigenvalue weighted by Crippen LogP contribution is 2.14. The molecule has 1 saturated heterocycles. The van der Waals surface area contributed by atoms with Crippen LogP contribution in [0.15, 0.2) is 18.2 Å². The minimum Gasteiger partial charge on any atom is -0.459 e. The number of piperidine rings is 1. The number of hydrogen-bond acceptors (Lipinski definition) is 3. The van der Waals surface area contributed by atoms with Crippen LogP contribution in [0.1, 0.15) is 34.3 Å². The summed E-state index contributed by atoms with van der Waals surface area (Å²) in [4.78, 5) is 12.0. The van der Waals surface area contributed by atoms with Crippen molar-refractivity contribution in [1.29, 1.82) is 0 Å². The largest absolute Gasteiger partial charge is 0.459 e. The summed E-state index contributed by atoms with van der Waals surface area (Å²) in [6, 6.07) is 5.83. The Hall–Kier alpha value is -1.06. The molecule has 0 atom stereocenters. The van der Waals surface area contributed by atoms with Crippen molar-refractivity contribution in [3.63, 3.8) is 0 Å². The van der Waals surface area contributed by atoms with E-state index in [9.17, 15) is 4.79 Å². The maximum atomic E-state index is 12.0. The standard InChI is InChI=1S/C14H19NO2.ClH/c1-10-7-11(2)9-12(8-10)14(16)17-13-3-5-15-6-4-13;/h7-9,13,15H,3-6H2,1-2H3;1H. The Morgan fingerprint density at radius 3 is 2.28 bits per heavy atom. The molecule has 2 rings (SSSR count). The summed E-state index contributed by atoms with van der Waals surface area (Å²) in [5.41, 5.74) is 2.87. The summed E-state index contributed by atoms with van der Waals surface area (Å²) in [5.74, 6) is -0.191. The van der Waals surface area contributed by atoms with Gasteiger partial charge >= 0.3 is 5.97 Å². The zero-order valence-electron chi connectivity index (χ0n) is 10.9. The molecule has 1 heterocycles. The molecule has 1 N–H and O–H groups in total. The maximum absolute atomic E-state index is 12.0. The molecule has 3 nitrogen and oxygen atoms in total. The van der Waals surface area contributed by atoms with Crippen molar-refractivity contribution in [1.82, 2.24) is 5.32 Å². The Bertz CT molecular complexity index is 394. The highest BCUT2D eigenvalue weighted by atomic mass is 35.5. The molecular formula is C14H20ClNO2. The molecule has 18 heavy (non-hydrogen) atoms. The summed E-state index contributed by atoms with van der Waals surface area (Å²) >= 11 is 0. The molecular weight excluding hydrogens is 250 g/mol. The van der Waals surface area contributed by atoms with Gasteiger partial charge in [-0.15, -0.1) is 12.4 Å². The van der Waals surface area contributed by atoms with Crippen LogP contribution < -0.4 is 5.32 Å². The van der Waals surface area contributed by atoms with Crippen molar-refractivity contribution in [2.45, 2.75) is 32.8 Å². The van der Waals surface area contributed by atoms with E-state index in [4.69, 9.17) is 4.74 Å². The highest BCUT2D eigenvalue weighted by Gasteiger charge is 2.18. The highest BCUT2D eigenvalue weighted by molar-refractivity contribution is 5.90. The van der Waals surface area contributed by atoms with Gasteiger partial charge in [0.2, 0.25) is 0 Å². The van der Waals surface area contributed by atoms with Gasteiger partial charge in [-0.05, 0) is 51.9 Å². The second-order valence-corrected chi connectivity index (χ2v) is 4.73. The van der Waals surface area contributed by atoms with Gasteiger partial charge in [0.1, 0.15) is 6.10 Å². The quantitative estimate of drug-likeness (QED) is 0.839. The average molecular weight is 270 g/mol. The number of benzene rings is 1. The number of carbonyl (C=O) groups is 1. The number of carbonyl (C=O) groups excluding carboxylic acids is 1. The molecule has 1 aliphatic heterocycles. The number of aryl methyl sites for hydroxylation is 2. The topological polar surface area (TPSA) is 38.3 Å². The lowest BCUT2D eigenvalue weighted by molar-refractivity contribution is 0.0229. The molecule has 4 heteroatoms. The summed E-state index contributed by atoms with van der Waals surface area (Å²) in [7, 11) is 0. The normalized spacial score (nSPS) is 15.9. The third kappa shape index (κ3) is 4.00. The monoisotopic (exact) mass is 269 g/mol. The molecule has 1 fully saturated rings. The minimum absolute atomic E-state index is 0. The molecule has 0 spiro atoms. The first-order valence-corrected chi connectivity index (χ1v) is 6.15. The average Bonchev–Trinajstić information content (AvgIpc) is 2.29. The van der Waals surface area contributed by atoms with Crippen LogP contribution in [-0.2, 0) is 4.74 Å². The number of nitrogens with one attached hydrogen (secondary N) is 1. The van der Waals surface area contributed by atoms with Crippen LogP contribution in [-0.4, -0.2) is 25.2 Å². The van der Waals surface area contributed by atoms with Crippen molar-refractivity contribution in [3.8, 4) is 0 Å². The third-order valence-electron chi connectivity index (χ3n) is 3.02. The van der Waals surface area contributed by atoms with Crippen molar-refractivity contribution in [2.24, 2.45) is 0 Å². The van der Waals surface area contributed by atoms with Crippen molar-refractivity contribution < 1.29 is 9.53 Å². The first-order valence-electron chi connectivity index (χ1n) is 6.15. The van der Waals surface area contributed by atoms with E-state index in [0.717, 1.165) is 37.1 Å². The number of rotatable bonds is 2. The lowest BCUT2D eigenvalue weighted by Crippen LogP contribution is -2.33. The van der Waals surface area contributed by atoms with E-state index in [0.29, 0.717) is 5.56 Å². The smallest absolute Gasteiger partial charge is 0.338 e. The van der Waals surface area contributed by atoms with E-state index >= 15 is 0 Å². The van der Waals surface area contributed by atoms with Crippen molar-refractivity contribution in [3.05, 3.63) is 34.9 Å².